The van der Waals surface area contributed by atoms with Gasteiger partial charge in [-0.3, -0.25) is 4.79 Å². The minimum atomic E-state index is -0.0922. The summed E-state index contributed by atoms with van der Waals surface area (Å²) in [6.45, 7) is 4.71. The van der Waals surface area contributed by atoms with Gasteiger partial charge in [-0.2, -0.15) is 0 Å². The molecule has 0 unspecified atom stereocenters. The molecule has 0 saturated heterocycles. The normalized spacial score (nSPS) is 10.8. The van der Waals surface area contributed by atoms with E-state index in [-0.39, 0.29) is 11.7 Å². The maximum atomic E-state index is 11.9. The SMILES string of the molecule is CCn1c(C)c(C(=O)NC)c2ccc(O)cc21. The average molecular weight is 232 g/mol. The van der Waals surface area contributed by atoms with E-state index in [1.54, 1.807) is 25.2 Å². The number of carbonyl (C=O) groups excluding carboxylic acids is 1. The molecule has 0 aliphatic rings. The van der Waals surface area contributed by atoms with Gasteiger partial charge in [-0.25, -0.2) is 0 Å². The van der Waals surface area contributed by atoms with Gasteiger partial charge in [0.15, 0.2) is 0 Å². The Balaban J connectivity index is 2.84. The van der Waals surface area contributed by atoms with E-state index in [2.05, 4.69) is 5.32 Å². The van der Waals surface area contributed by atoms with Gasteiger partial charge in [-0.1, -0.05) is 0 Å². The van der Waals surface area contributed by atoms with Gasteiger partial charge in [-0.05, 0) is 26.0 Å². The van der Waals surface area contributed by atoms with Gasteiger partial charge < -0.3 is 15.0 Å². The molecule has 1 amide bonds. The minimum absolute atomic E-state index is 0.0922. The fourth-order valence-corrected chi connectivity index (χ4v) is 2.28. The largest absolute Gasteiger partial charge is 0.508 e. The highest BCUT2D eigenvalue weighted by Crippen LogP contribution is 2.28. The van der Waals surface area contributed by atoms with Crippen LogP contribution in [0.5, 0.6) is 5.75 Å². The van der Waals surface area contributed by atoms with Crippen LogP contribution >= 0.6 is 0 Å². The number of fused-ring (bicyclic) bond motifs is 1. The number of phenols is 1. The molecule has 17 heavy (non-hydrogen) atoms. The van der Waals surface area contributed by atoms with Gasteiger partial charge >= 0.3 is 0 Å². The Morgan fingerprint density at radius 2 is 2.18 bits per heavy atom. The number of hydrogen-bond acceptors (Lipinski definition) is 2. The number of rotatable bonds is 2. The number of phenolic OH excluding ortho intramolecular Hbond substituents is 1. The fraction of sp³-hybridized carbons (Fsp3) is 0.308. The maximum absolute atomic E-state index is 11.9. The van der Waals surface area contributed by atoms with Crippen molar-refractivity contribution in [1.29, 1.82) is 0 Å². The van der Waals surface area contributed by atoms with Gasteiger partial charge in [0.05, 0.1) is 11.1 Å². The van der Waals surface area contributed by atoms with E-state index in [9.17, 15) is 9.90 Å². The molecule has 0 radical (unpaired) electrons. The number of hydrogen-bond donors (Lipinski definition) is 2. The Hall–Kier alpha value is -1.97. The van der Waals surface area contributed by atoms with Crippen LogP contribution in [-0.2, 0) is 6.54 Å². The lowest BCUT2D eigenvalue weighted by molar-refractivity contribution is 0.0964. The molecule has 2 N–H and O–H groups in total. The first-order chi connectivity index (χ1) is 8.10. The third kappa shape index (κ3) is 1.65. The quantitative estimate of drug-likeness (QED) is 0.832. The first-order valence-corrected chi connectivity index (χ1v) is 5.64. The summed E-state index contributed by atoms with van der Waals surface area (Å²) in [6.07, 6.45) is 0. The molecule has 1 aromatic heterocycles. The summed E-state index contributed by atoms with van der Waals surface area (Å²) in [5.41, 5.74) is 2.50. The molecule has 0 atom stereocenters. The lowest BCUT2D eigenvalue weighted by Gasteiger charge is -2.04. The van der Waals surface area contributed by atoms with Crippen molar-refractivity contribution in [3.8, 4) is 5.75 Å². The Bertz CT molecular complexity index is 585. The zero-order valence-electron chi connectivity index (χ0n) is 10.2. The van der Waals surface area contributed by atoms with Crippen molar-refractivity contribution in [1.82, 2.24) is 9.88 Å². The van der Waals surface area contributed by atoms with Crippen molar-refractivity contribution in [3.05, 3.63) is 29.5 Å². The molecule has 0 fully saturated rings. The monoisotopic (exact) mass is 232 g/mol. The first-order valence-electron chi connectivity index (χ1n) is 5.64. The second-order valence-corrected chi connectivity index (χ2v) is 3.99. The predicted octanol–water partition coefficient (Wildman–Crippen LogP) is 2.03. The number of nitrogens with one attached hydrogen (secondary N) is 1. The van der Waals surface area contributed by atoms with Crippen LogP contribution < -0.4 is 5.32 Å². The van der Waals surface area contributed by atoms with Gasteiger partial charge in [0, 0.05) is 30.7 Å². The van der Waals surface area contributed by atoms with Crippen LogP contribution in [0.3, 0.4) is 0 Å². The van der Waals surface area contributed by atoms with E-state index in [1.165, 1.54) is 0 Å². The van der Waals surface area contributed by atoms with Crippen LogP contribution in [0.2, 0.25) is 0 Å². The molecular formula is C13H16N2O2. The second-order valence-electron chi connectivity index (χ2n) is 3.99. The number of aryl methyl sites for hydroxylation is 1. The van der Waals surface area contributed by atoms with Crippen LogP contribution in [0.15, 0.2) is 18.2 Å². The highest BCUT2D eigenvalue weighted by Gasteiger charge is 2.18. The van der Waals surface area contributed by atoms with E-state index >= 15 is 0 Å². The van der Waals surface area contributed by atoms with Gasteiger partial charge in [-0.15, -0.1) is 0 Å². The fourth-order valence-electron chi connectivity index (χ4n) is 2.28. The predicted molar refractivity (Wildman–Crippen MR) is 67.4 cm³/mol. The Morgan fingerprint density at radius 3 is 2.76 bits per heavy atom. The molecule has 2 aromatic rings. The lowest BCUT2D eigenvalue weighted by atomic mass is 10.1. The summed E-state index contributed by atoms with van der Waals surface area (Å²) < 4.78 is 2.03. The molecule has 0 saturated carbocycles. The Kier molecular flexibility index (Phi) is 2.79. The van der Waals surface area contributed by atoms with Crippen molar-refractivity contribution in [2.24, 2.45) is 0 Å². The minimum Gasteiger partial charge on any atom is -0.508 e. The maximum Gasteiger partial charge on any atom is 0.253 e. The Labute approximate surface area is 99.9 Å². The van der Waals surface area contributed by atoms with E-state index in [4.69, 9.17) is 0 Å². The van der Waals surface area contributed by atoms with Crippen LogP contribution in [0, 0.1) is 6.92 Å². The third-order valence-corrected chi connectivity index (χ3v) is 3.08. The molecule has 0 bridgehead atoms. The Morgan fingerprint density at radius 1 is 1.47 bits per heavy atom. The van der Waals surface area contributed by atoms with Crippen LogP contribution in [0.4, 0.5) is 0 Å². The number of aromatic nitrogens is 1. The molecule has 1 heterocycles. The van der Waals surface area contributed by atoms with Gasteiger partial charge in [0.2, 0.25) is 0 Å². The van der Waals surface area contributed by atoms with Gasteiger partial charge in [0.25, 0.3) is 5.91 Å². The van der Waals surface area contributed by atoms with Crippen LogP contribution in [0.1, 0.15) is 23.0 Å². The smallest absolute Gasteiger partial charge is 0.253 e. The number of nitrogens with zero attached hydrogens (tertiary/aromatic N) is 1. The standard InChI is InChI=1S/C13H16N2O2/c1-4-15-8(2)12(13(17)14-3)10-6-5-9(16)7-11(10)15/h5-7,16H,4H2,1-3H3,(H,14,17). The highest BCUT2D eigenvalue weighted by molar-refractivity contribution is 6.08. The van der Waals surface area contributed by atoms with Crippen molar-refractivity contribution in [2.45, 2.75) is 20.4 Å². The van der Waals surface area contributed by atoms with Crippen molar-refractivity contribution >= 4 is 16.8 Å². The summed E-state index contributed by atoms with van der Waals surface area (Å²) in [4.78, 5) is 11.9. The van der Waals surface area contributed by atoms with E-state index in [0.717, 1.165) is 23.1 Å². The molecule has 0 aliphatic carbocycles. The van der Waals surface area contributed by atoms with Crippen molar-refractivity contribution in [3.63, 3.8) is 0 Å². The molecule has 90 valence electrons. The zero-order chi connectivity index (χ0) is 12.6. The van der Waals surface area contributed by atoms with Crippen LogP contribution in [0.25, 0.3) is 10.9 Å². The number of benzene rings is 1. The molecule has 0 spiro atoms. The third-order valence-electron chi connectivity index (χ3n) is 3.08. The topological polar surface area (TPSA) is 54.3 Å². The lowest BCUT2D eigenvalue weighted by Crippen LogP contribution is -2.18. The van der Waals surface area contributed by atoms with E-state index < -0.39 is 0 Å². The van der Waals surface area contributed by atoms with Crippen molar-refractivity contribution in [2.75, 3.05) is 7.05 Å². The number of aromatic hydroxyl groups is 1. The molecular weight excluding hydrogens is 216 g/mol. The first kappa shape index (κ1) is 11.5. The summed E-state index contributed by atoms with van der Waals surface area (Å²) >= 11 is 0. The summed E-state index contributed by atoms with van der Waals surface area (Å²) in [6, 6.07) is 5.08. The summed E-state index contributed by atoms with van der Waals surface area (Å²) in [5, 5.41) is 13.1. The molecule has 4 nitrogen and oxygen atoms in total. The molecule has 0 aliphatic heterocycles. The van der Waals surface area contributed by atoms with Gasteiger partial charge in [0.1, 0.15) is 5.75 Å². The zero-order valence-corrected chi connectivity index (χ0v) is 10.2. The molecule has 4 heteroatoms. The molecule has 2 rings (SSSR count). The van der Waals surface area contributed by atoms with Crippen molar-refractivity contribution < 1.29 is 9.90 Å². The highest BCUT2D eigenvalue weighted by atomic mass is 16.3. The second kappa shape index (κ2) is 4.13. The van der Waals surface area contributed by atoms with E-state index in [0.29, 0.717) is 5.56 Å². The summed E-state index contributed by atoms with van der Waals surface area (Å²) in [7, 11) is 1.62. The average Bonchev–Trinajstić information content (AvgIpc) is 2.59. The van der Waals surface area contributed by atoms with E-state index in [1.807, 2.05) is 18.4 Å². The number of carbonyl (C=O) groups is 1. The summed E-state index contributed by atoms with van der Waals surface area (Å²) in [5.74, 6) is 0.124. The van der Waals surface area contributed by atoms with Crippen LogP contribution in [-0.4, -0.2) is 22.6 Å². The molecule has 1 aromatic carbocycles. The number of amides is 1.